The van der Waals surface area contributed by atoms with E-state index in [1.807, 2.05) is 0 Å². The predicted octanol–water partition coefficient (Wildman–Crippen LogP) is 3.59. The Kier molecular flexibility index (Phi) is 3.95. The van der Waals surface area contributed by atoms with E-state index in [1.165, 1.54) is 12.1 Å². The number of sulfonamides is 1. The molecule has 1 N–H and O–H groups in total. The molecule has 0 bridgehead atoms. The molecule has 0 aliphatic heterocycles. The van der Waals surface area contributed by atoms with E-state index in [-0.39, 0.29) is 10.9 Å². The second kappa shape index (κ2) is 5.73. The Hall–Kier alpha value is -1.46. The van der Waals surface area contributed by atoms with E-state index < -0.39 is 15.8 Å². The average Bonchev–Trinajstić information content (AvgIpc) is 2.48. The van der Waals surface area contributed by atoms with Crippen LogP contribution in [-0.2, 0) is 10.0 Å². The van der Waals surface area contributed by atoms with Crippen molar-refractivity contribution in [2.45, 2.75) is 43.0 Å². The molecule has 5 heteroatoms. The molecule has 2 aromatic carbocycles. The highest BCUT2D eigenvalue weighted by Crippen LogP contribution is 2.26. The van der Waals surface area contributed by atoms with Gasteiger partial charge in [0.25, 0.3) is 0 Å². The van der Waals surface area contributed by atoms with Crippen molar-refractivity contribution in [2.24, 2.45) is 0 Å². The molecule has 0 saturated heterocycles. The largest absolute Gasteiger partial charge is 0.241 e. The van der Waals surface area contributed by atoms with Crippen LogP contribution in [0.15, 0.2) is 41.3 Å². The van der Waals surface area contributed by atoms with Gasteiger partial charge in [0.05, 0.1) is 4.90 Å². The zero-order valence-electron chi connectivity index (χ0n) is 11.7. The highest BCUT2D eigenvalue weighted by Gasteiger charge is 2.23. The van der Waals surface area contributed by atoms with Crippen LogP contribution < -0.4 is 4.72 Å². The Morgan fingerprint density at radius 1 is 0.952 bits per heavy atom. The summed E-state index contributed by atoms with van der Waals surface area (Å²) in [6, 6.07) is 9.24. The highest BCUT2D eigenvalue weighted by atomic mass is 32.2. The molecule has 0 atom stereocenters. The van der Waals surface area contributed by atoms with Crippen molar-refractivity contribution >= 4 is 20.8 Å². The van der Waals surface area contributed by atoms with Gasteiger partial charge in [-0.3, -0.25) is 0 Å². The smallest absolute Gasteiger partial charge is 0.208 e. The molecule has 1 saturated carbocycles. The summed E-state index contributed by atoms with van der Waals surface area (Å²) in [6.45, 7) is 0. The normalized spacial score (nSPS) is 17.2. The van der Waals surface area contributed by atoms with Crippen LogP contribution in [0.25, 0.3) is 10.8 Å². The molecule has 112 valence electrons. The van der Waals surface area contributed by atoms with Crippen LogP contribution in [0.3, 0.4) is 0 Å². The molecule has 0 radical (unpaired) electrons. The monoisotopic (exact) mass is 307 g/mol. The van der Waals surface area contributed by atoms with Gasteiger partial charge in [-0.15, -0.1) is 0 Å². The first-order valence-electron chi connectivity index (χ1n) is 7.27. The van der Waals surface area contributed by atoms with Gasteiger partial charge in [0.2, 0.25) is 10.0 Å². The molecule has 2 aromatic rings. The summed E-state index contributed by atoms with van der Waals surface area (Å²) in [6.07, 6.45) is 5.02. The molecule has 0 spiro atoms. The lowest BCUT2D eigenvalue weighted by Gasteiger charge is -2.23. The molecule has 1 aliphatic carbocycles. The number of fused-ring (bicyclic) bond motifs is 1. The molecule has 3 rings (SSSR count). The maximum atomic E-state index is 13.8. The maximum absolute atomic E-state index is 13.8. The predicted molar refractivity (Wildman–Crippen MR) is 81.1 cm³/mol. The minimum Gasteiger partial charge on any atom is -0.208 e. The van der Waals surface area contributed by atoms with Gasteiger partial charge in [0, 0.05) is 16.8 Å². The summed E-state index contributed by atoms with van der Waals surface area (Å²) < 4.78 is 41.8. The number of hydrogen-bond donors (Lipinski definition) is 1. The molecule has 0 heterocycles. The zero-order chi connectivity index (χ0) is 14.9. The lowest BCUT2D eigenvalue weighted by Crippen LogP contribution is -2.36. The fourth-order valence-corrected chi connectivity index (χ4v) is 4.49. The van der Waals surface area contributed by atoms with E-state index in [9.17, 15) is 12.8 Å². The Balaban J connectivity index is 2.00. The first-order valence-corrected chi connectivity index (χ1v) is 8.76. The van der Waals surface area contributed by atoms with Gasteiger partial charge in [0.15, 0.2) is 0 Å². The van der Waals surface area contributed by atoms with Crippen molar-refractivity contribution in [3.8, 4) is 0 Å². The third kappa shape index (κ3) is 2.94. The SMILES string of the molecule is O=S(=O)(NC1CCCCC1)c1ccc(F)c2ccccc12. The van der Waals surface area contributed by atoms with E-state index >= 15 is 0 Å². The Morgan fingerprint density at radius 2 is 1.62 bits per heavy atom. The van der Waals surface area contributed by atoms with Crippen molar-refractivity contribution in [3.63, 3.8) is 0 Å². The van der Waals surface area contributed by atoms with Crippen LogP contribution in [0.5, 0.6) is 0 Å². The van der Waals surface area contributed by atoms with E-state index in [0.29, 0.717) is 10.8 Å². The minimum absolute atomic E-state index is 0.00688. The van der Waals surface area contributed by atoms with Crippen LogP contribution in [0, 0.1) is 5.82 Å². The lowest BCUT2D eigenvalue weighted by atomic mass is 9.96. The van der Waals surface area contributed by atoms with E-state index in [2.05, 4.69) is 4.72 Å². The van der Waals surface area contributed by atoms with Crippen LogP contribution in [0.1, 0.15) is 32.1 Å². The van der Waals surface area contributed by atoms with Crippen molar-refractivity contribution in [3.05, 3.63) is 42.2 Å². The first-order chi connectivity index (χ1) is 10.1. The van der Waals surface area contributed by atoms with Crippen LogP contribution in [-0.4, -0.2) is 14.5 Å². The van der Waals surface area contributed by atoms with Crippen molar-refractivity contribution < 1.29 is 12.8 Å². The summed E-state index contributed by atoms with van der Waals surface area (Å²) in [5.41, 5.74) is 0. The number of hydrogen-bond acceptors (Lipinski definition) is 2. The van der Waals surface area contributed by atoms with Gasteiger partial charge in [-0.25, -0.2) is 17.5 Å². The first kappa shape index (κ1) is 14.5. The van der Waals surface area contributed by atoms with Gasteiger partial charge in [-0.05, 0) is 25.0 Å². The van der Waals surface area contributed by atoms with Gasteiger partial charge in [0.1, 0.15) is 5.82 Å². The summed E-state index contributed by atoms with van der Waals surface area (Å²) >= 11 is 0. The molecular formula is C16H18FNO2S. The molecule has 3 nitrogen and oxygen atoms in total. The topological polar surface area (TPSA) is 46.2 Å². The molecule has 0 unspecified atom stereocenters. The van der Waals surface area contributed by atoms with Crippen LogP contribution >= 0.6 is 0 Å². The van der Waals surface area contributed by atoms with Crippen LogP contribution in [0.4, 0.5) is 4.39 Å². The fraction of sp³-hybridized carbons (Fsp3) is 0.375. The van der Waals surface area contributed by atoms with Gasteiger partial charge in [-0.1, -0.05) is 43.5 Å². The Bertz CT molecular complexity index is 752. The fourth-order valence-electron chi connectivity index (χ4n) is 2.97. The quantitative estimate of drug-likeness (QED) is 0.942. The van der Waals surface area contributed by atoms with Crippen molar-refractivity contribution in [2.75, 3.05) is 0 Å². The van der Waals surface area contributed by atoms with Crippen molar-refractivity contribution in [1.82, 2.24) is 4.72 Å². The summed E-state index contributed by atoms with van der Waals surface area (Å²) in [5.74, 6) is -0.401. The second-order valence-corrected chi connectivity index (χ2v) is 7.23. The van der Waals surface area contributed by atoms with Gasteiger partial charge in [-0.2, -0.15) is 0 Å². The van der Waals surface area contributed by atoms with E-state index in [4.69, 9.17) is 0 Å². The molecule has 1 fully saturated rings. The van der Waals surface area contributed by atoms with Gasteiger partial charge >= 0.3 is 0 Å². The Morgan fingerprint density at radius 3 is 2.33 bits per heavy atom. The molecule has 1 aliphatic rings. The summed E-state index contributed by atoms with van der Waals surface area (Å²) in [7, 11) is -3.62. The third-order valence-corrected chi connectivity index (χ3v) is 5.63. The highest BCUT2D eigenvalue weighted by molar-refractivity contribution is 7.89. The summed E-state index contributed by atoms with van der Waals surface area (Å²) in [4.78, 5) is 0.157. The standard InChI is InChI=1S/C16H18FNO2S/c17-15-10-11-16(14-9-5-4-8-13(14)15)21(19,20)18-12-6-2-1-3-7-12/h4-5,8-12,18H,1-3,6-7H2. The molecular weight excluding hydrogens is 289 g/mol. The molecule has 0 aromatic heterocycles. The maximum Gasteiger partial charge on any atom is 0.241 e. The second-order valence-electron chi connectivity index (χ2n) is 5.55. The number of benzene rings is 2. The van der Waals surface area contributed by atoms with Crippen LogP contribution in [0.2, 0.25) is 0 Å². The minimum atomic E-state index is -3.62. The zero-order valence-corrected chi connectivity index (χ0v) is 12.5. The van der Waals surface area contributed by atoms with E-state index in [1.54, 1.807) is 24.3 Å². The third-order valence-electron chi connectivity index (χ3n) is 4.05. The van der Waals surface area contributed by atoms with Crippen molar-refractivity contribution in [1.29, 1.82) is 0 Å². The van der Waals surface area contributed by atoms with Gasteiger partial charge < -0.3 is 0 Å². The number of halogens is 1. The Labute approximate surface area is 124 Å². The lowest BCUT2D eigenvalue weighted by molar-refractivity contribution is 0.412. The molecule has 21 heavy (non-hydrogen) atoms. The van der Waals surface area contributed by atoms with E-state index in [0.717, 1.165) is 32.1 Å². The number of rotatable bonds is 3. The molecule has 0 amide bonds. The summed E-state index contributed by atoms with van der Waals surface area (Å²) in [5, 5.41) is 0.768. The average molecular weight is 307 g/mol. The number of nitrogens with one attached hydrogen (secondary N) is 1.